The van der Waals surface area contributed by atoms with Crippen molar-refractivity contribution in [2.75, 3.05) is 6.61 Å². The molecule has 0 aliphatic rings. The molecule has 1 heterocycles. The number of amides is 1. The van der Waals surface area contributed by atoms with E-state index in [9.17, 15) is 13.6 Å². The summed E-state index contributed by atoms with van der Waals surface area (Å²) in [5, 5.41) is 0.809. The van der Waals surface area contributed by atoms with Crippen LogP contribution in [0.4, 0.5) is 8.78 Å². The number of rotatable bonds is 9. The molecular formula is C30H32F2N2O2. The number of hydrogen-bond acceptors (Lipinski definition) is 2. The molecule has 6 heteroatoms. The minimum absolute atomic E-state index is 0.0678. The highest BCUT2D eigenvalue weighted by molar-refractivity contribution is 6.08. The van der Waals surface area contributed by atoms with Gasteiger partial charge in [0.1, 0.15) is 5.75 Å². The molecule has 0 atom stereocenters. The average molecular weight is 491 g/mol. The summed E-state index contributed by atoms with van der Waals surface area (Å²) < 4.78 is 33.4. The number of fused-ring (bicyclic) bond motifs is 1. The Kier molecular flexibility index (Phi) is 7.73. The number of nitrogens with one attached hydrogen (secondary N) is 1. The number of halogens is 2. The minimum atomic E-state index is -0.927. The molecule has 4 rings (SSSR count). The highest BCUT2D eigenvalue weighted by atomic mass is 19.2. The van der Waals surface area contributed by atoms with Crippen LogP contribution in [0.2, 0.25) is 0 Å². The molecule has 0 aliphatic carbocycles. The maximum Gasteiger partial charge on any atom is 0.256 e. The first-order chi connectivity index (χ1) is 17.2. The second-order valence-corrected chi connectivity index (χ2v) is 9.88. The first-order valence-electron chi connectivity index (χ1n) is 12.3. The maximum atomic E-state index is 14.1. The Morgan fingerprint density at radius 2 is 1.61 bits per heavy atom. The van der Waals surface area contributed by atoms with E-state index in [-0.39, 0.29) is 18.4 Å². The van der Waals surface area contributed by atoms with E-state index in [1.807, 2.05) is 62.4 Å². The van der Waals surface area contributed by atoms with E-state index in [1.165, 1.54) is 6.07 Å². The van der Waals surface area contributed by atoms with Gasteiger partial charge in [0.05, 0.1) is 17.7 Å². The molecule has 0 bridgehead atoms. The predicted octanol–water partition coefficient (Wildman–Crippen LogP) is 7.45. The molecule has 0 saturated heterocycles. The van der Waals surface area contributed by atoms with Gasteiger partial charge >= 0.3 is 0 Å². The van der Waals surface area contributed by atoms with Crippen molar-refractivity contribution >= 4 is 16.8 Å². The lowest BCUT2D eigenvalue weighted by atomic mass is 10.0. The van der Waals surface area contributed by atoms with Gasteiger partial charge in [-0.2, -0.15) is 0 Å². The molecule has 4 aromatic rings. The van der Waals surface area contributed by atoms with Gasteiger partial charge in [-0.3, -0.25) is 4.79 Å². The summed E-state index contributed by atoms with van der Waals surface area (Å²) >= 11 is 0. The fraction of sp³-hybridized carbons (Fsp3) is 0.300. The van der Waals surface area contributed by atoms with Gasteiger partial charge in [-0.15, -0.1) is 0 Å². The average Bonchev–Trinajstić information content (AvgIpc) is 3.24. The third kappa shape index (κ3) is 5.76. The Labute approximate surface area is 210 Å². The van der Waals surface area contributed by atoms with Crippen molar-refractivity contribution in [2.24, 2.45) is 5.92 Å². The quantitative estimate of drug-likeness (QED) is 0.265. The number of carbonyl (C=O) groups is 1. The summed E-state index contributed by atoms with van der Waals surface area (Å²) in [5.74, 6) is -0.796. The van der Waals surface area contributed by atoms with Crippen LogP contribution < -0.4 is 4.74 Å². The standard InChI is InChI=1S/C30H32F2N2O2/c1-19(2)18-36-23-11-12-24-27(15-23)33-29(20(3)4)28(24)30(35)34(16-21-8-6-5-7-9-21)17-22-10-13-25(31)26(32)14-22/h5-15,19-20,33H,16-18H2,1-4H3. The molecule has 0 radical (unpaired) electrons. The van der Waals surface area contributed by atoms with Crippen LogP contribution in [0.5, 0.6) is 5.75 Å². The van der Waals surface area contributed by atoms with E-state index in [1.54, 1.807) is 4.90 Å². The Morgan fingerprint density at radius 1 is 0.889 bits per heavy atom. The van der Waals surface area contributed by atoms with Crippen LogP contribution in [0.15, 0.2) is 66.7 Å². The van der Waals surface area contributed by atoms with Crippen molar-refractivity contribution in [1.29, 1.82) is 0 Å². The normalized spacial score (nSPS) is 11.4. The van der Waals surface area contributed by atoms with Gasteiger partial charge in [-0.25, -0.2) is 8.78 Å². The van der Waals surface area contributed by atoms with Crippen molar-refractivity contribution in [3.05, 3.63) is 101 Å². The van der Waals surface area contributed by atoms with Gasteiger partial charge in [0, 0.05) is 30.2 Å². The Hall–Kier alpha value is -3.67. The largest absolute Gasteiger partial charge is 0.493 e. The maximum absolute atomic E-state index is 14.1. The van der Waals surface area contributed by atoms with E-state index in [0.29, 0.717) is 30.2 Å². The molecule has 188 valence electrons. The second kappa shape index (κ2) is 10.9. The fourth-order valence-electron chi connectivity index (χ4n) is 4.23. The number of ether oxygens (including phenoxy) is 1. The molecule has 0 spiro atoms. The summed E-state index contributed by atoms with van der Waals surface area (Å²) in [6.07, 6.45) is 0. The molecule has 0 aliphatic heterocycles. The molecule has 0 fully saturated rings. The molecule has 0 unspecified atom stereocenters. The fourth-order valence-corrected chi connectivity index (χ4v) is 4.23. The SMILES string of the molecule is CC(C)COc1ccc2c(C(=O)N(Cc3ccccc3)Cc3ccc(F)c(F)c3)c(C(C)C)[nH]c2c1. The minimum Gasteiger partial charge on any atom is -0.493 e. The Balaban J connectivity index is 1.75. The highest BCUT2D eigenvalue weighted by Crippen LogP contribution is 2.32. The molecule has 3 aromatic carbocycles. The lowest BCUT2D eigenvalue weighted by molar-refractivity contribution is 0.0730. The van der Waals surface area contributed by atoms with E-state index in [0.717, 1.165) is 40.0 Å². The van der Waals surface area contributed by atoms with Crippen LogP contribution in [0.25, 0.3) is 10.9 Å². The van der Waals surface area contributed by atoms with Crippen LogP contribution in [0, 0.1) is 17.6 Å². The zero-order valence-corrected chi connectivity index (χ0v) is 21.1. The first-order valence-corrected chi connectivity index (χ1v) is 12.3. The second-order valence-electron chi connectivity index (χ2n) is 9.88. The molecular weight excluding hydrogens is 458 g/mol. The molecule has 4 nitrogen and oxygen atoms in total. The van der Waals surface area contributed by atoms with Gasteiger partial charge in [-0.05, 0) is 47.2 Å². The number of aromatic amines is 1. The number of nitrogens with zero attached hydrogens (tertiary/aromatic N) is 1. The van der Waals surface area contributed by atoms with Gasteiger partial charge < -0.3 is 14.6 Å². The summed E-state index contributed by atoms with van der Waals surface area (Å²) in [6.45, 7) is 9.34. The third-order valence-electron chi connectivity index (χ3n) is 6.03. The summed E-state index contributed by atoms with van der Waals surface area (Å²) in [4.78, 5) is 19.2. The van der Waals surface area contributed by atoms with Gasteiger partial charge in [-0.1, -0.05) is 64.1 Å². The first kappa shape index (κ1) is 25.4. The molecule has 1 aromatic heterocycles. The Bertz CT molecular complexity index is 1350. The van der Waals surface area contributed by atoms with Crippen LogP contribution in [0.3, 0.4) is 0 Å². The van der Waals surface area contributed by atoms with Crippen molar-refractivity contribution in [3.63, 3.8) is 0 Å². The summed E-state index contributed by atoms with van der Waals surface area (Å²) in [6, 6.07) is 19.1. The number of H-pyrrole nitrogens is 1. The zero-order chi connectivity index (χ0) is 25.8. The third-order valence-corrected chi connectivity index (χ3v) is 6.03. The van der Waals surface area contributed by atoms with E-state index >= 15 is 0 Å². The van der Waals surface area contributed by atoms with Crippen molar-refractivity contribution < 1.29 is 18.3 Å². The van der Waals surface area contributed by atoms with E-state index < -0.39 is 11.6 Å². The zero-order valence-electron chi connectivity index (χ0n) is 21.1. The molecule has 1 amide bonds. The van der Waals surface area contributed by atoms with Crippen molar-refractivity contribution in [2.45, 2.75) is 46.7 Å². The van der Waals surface area contributed by atoms with Gasteiger partial charge in [0.15, 0.2) is 11.6 Å². The molecule has 1 N–H and O–H groups in total. The van der Waals surface area contributed by atoms with E-state index in [4.69, 9.17) is 4.74 Å². The smallest absolute Gasteiger partial charge is 0.256 e. The van der Waals surface area contributed by atoms with Crippen LogP contribution in [-0.4, -0.2) is 22.4 Å². The molecule has 36 heavy (non-hydrogen) atoms. The molecule has 0 saturated carbocycles. The van der Waals surface area contributed by atoms with Crippen molar-refractivity contribution in [3.8, 4) is 5.75 Å². The monoisotopic (exact) mass is 490 g/mol. The van der Waals surface area contributed by atoms with Gasteiger partial charge in [0.2, 0.25) is 0 Å². The van der Waals surface area contributed by atoms with Gasteiger partial charge in [0.25, 0.3) is 5.91 Å². The van der Waals surface area contributed by atoms with E-state index in [2.05, 4.69) is 18.8 Å². The number of carbonyl (C=O) groups excluding carboxylic acids is 1. The van der Waals surface area contributed by atoms with Crippen LogP contribution in [-0.2, 0) is 13.1 Å². The predicted molar refractivity (Wildman–Crippen MR) is 139 cm³/mol. The number of benzene rings is 3. The lowest BCUT2D eigenvalue weighted by Gasteiger charge is -2.24. The summed E-state index contributed by atoms with van der Waals surface area (Å²) in [7, 11) is 0. The Morgan fingerprint density at radius 3 is 2.28 bits per heavy atom. The summed E-state index contributed by atoms with van der Waals surface area (Å²) in [5.41, 5.74) is 3.72. The number of hydrogen-bond donors (Lipinski definition) is 1. The topological polar surface area (TPSA) is 45.3 Å². The van der Waals surface area contributed by atoms with Crippen LogP contribution >= 0.6 is 0 Å². The lowest BCUT2D eigenvalue weighted by Crippen LogP contribution is -2.31. The number of aromatic nitrogens is 1. The van der Waals surface area contributed by atoms with Crippen molar-refractivity contribution in [1.82, 2.24) is 9.88 Å². The van der Waals surface area contributed by atoms with Crippen LogP contribution in [0.1, 0.15) is 60.8 Å². The highest BCUT2D eigenvalue weighted by Gasteiger charge is 2.26.